The van der Waals surface area contributed by atoms with Crippen molar-refractivity contribution < 1.29 is 8.78 Å². The van der Waals surface area contributed by atoms with Gasteiger partial charge in [-0.2, -0.15) is 0 Å². The molecule has 0 radical (unpaired) electrons. The maximum absolute atomic E-state index is 13.8. The summed E-state index contributed by atoms with van der Waals surface area (Å²) in [4.78, 5) is 0. The third-order valence-electron chi connectivity index (χ3n) is 3.50. The Balaban J connectivity index is 2.25. The molecule has 0 saturated carbocycles. The molecule has 1 atom stereocenters. The molecule has 0 saturated heterocycles. The van der Waals surface area contributed by atoms with Crippen molar-refractivity contribution in [2.75, 3.05) is 13.6 Å². The number of likely N-dealkylation sites (N-methyl/N-ethyl adjacent to an activating group) is 1. The Hall–Kier alpha value is -1.74. The second-order valence-corrected chi connectivity index (χ2v) is 5.08. The fourth-order valence-corrected chi connectivity index (χ4v) is 2.36. The second-order valence-electron chi connectivity index (χ2n) is 5.08. The fourth-order valence-electron chi connectivity index (χ4n) is 2.36. The lowest BCUT2D eigenvalue weighted by Gasteiger charge is -2.18. The molecule has 0 fully saturated rings. The van der Waals surface area contributed by atoms with Gasteiger partial charge >= 0.3 is 0 Å². The number of halogens is 2. The van der Waals surface area contributed by atoms with Crippen LogP contribution < -0.4 is 5.32 Å². The van der Waals surface area contributed by atoms with Gasteiger partial charge in [-0.3, -0.25) is 0 Å². The van der Waals surface area contributed by atoms with E-state index in [2.05, 4.69) is 17.4 Å². The van der Waals surface area contributed by atoms with E-state index in [1.165, 1.54) is 5.56 Å². The highest BCUT2D eigenvalue weighted by molar-refractivity contribution is 5.28. The standard InChI is InChI=1S/C17H19F2N/c1-12-6-8-13(9-7-12)15(11-20-2)10-14-4-3-5-16(18)17(14)19/h3-9,15,20H,10-11H2,1-2H3. The Morgan fingerprint density at radius 1 is 1.05 bits per heavy atom. The Bertz CT molecular complexity index is 564. The van der Waals surface area contributed by atoms with E-state index < -0.39 is 11.6 Å². The van der Waals surface area contributed by atoms with Crippen LogP contribution in [-0.2, 0) is 6.42 Å². The van der Waals surface area contributed by atoms with Gasteiger partial charge in [0.2, 0.25) is 0 Å². The van der Waals surface area contributed by atoms with Crippen LogP contribution in [0.2, 0.25) is 0 Å². The second kappa shape index (κ2) is 6.62. The van der Waals surface area contributed by atoms with Crippen LogP contribution in [0.3, 0.4) is 0 Å². The molecule has 2 rings (SSSR count). The van der Waals surface area contributed by atoms with Crippen molar-refractivity contribution in [2.45, 2.75) is 19.3 Å². The lowest BCUT2D eigenvalue weighted by atomic mass is 9.91. The number of benzene rings is 2. The molecule has 0 heterocycles. The van der Waals surface area contributed by atoms with Gasteiger partial charge in [-0.25, -0.2) is 8.78 Å². The normalized spacial score (nSPS) is 12.4. The van der Waals surface area contributed by atoms with Gasteiger partial charge in [0.15, 0.2) is 11.6 Å². The first kappa shape index (κ1) is 14.7. The minimum absolute atomic E-state index is 0.122. The average Bonchev–Trinajstić information content (AvgIpc) is 2.44. The molecule has 0 amide bonds. The van der Waals surface area contributed by atoms with Crippen molar-refractivity contribution in [3.8, 4) is 0 Å². The van der Waals surface area contributed by atoms with Gasteiger partial charge in [0.25, 0.3) is 0 Å². The van der Waals surface area contributed by atoms with Crippen molar-refractivity contribution >= 4 is 0 Å². The van der Waals surface area contributed by atoms with Crippen LogP contribution in [0.1, 0.15) is 22.6 Å². The van der Waals surface area contributed by atoms with E-state index in [1.54, 1.807) is 12.1 Å². The Kier molecular flexibility index (Phi) is 4.85. The van der Waals surface area contributed by atoms with Crippen LogP contribution in [0.15, 0.2) is 42.5 Å². The molecule has 20 heavy (non-hydrogen) atoms. The molecule has 1 nitrogen and oxygen atoms in total. The molecule has 2 aromatic carbocycles. The Morgan fingerprint density at radius 2 is 1.75 bits per heavy atom. The van der Waals surface area contributed by atoms with Crippen LogP contribution >= 0.6 is 0 Å². The zero-order valence-corrected chi connectivity index (χ0v) is 11.8. The molecule has 1 N–H and O–H groups in total. The van der Waals surface area contributed by atoms with E-state index in [-0.39, 0.29) is 5.92 Å². The molecule has 3 heteroatoms. The van der Waals surface area contributed by atoms with Gasteiger partial charge in [-0.1, -0.05) is 42.0 Å². The van der Waals surface area contributed by atoms with Crippen LogP contribution in [0.4, 0.5) is 8.78 Å². The first-order chi connectivity index (χ1) is 9.61. The van der Waals surface area contributed by atoms with E-state index >= 15 is 0 Å². The summed E-state index contributed by atoms with van der Waals surface area (Å²) in [5.74, 6) is -1.40. The van der Waals surface area contributed by atoms with Crippen LogP contribution in [0.5, 0.6) is 0 Å². The maximum atomic E-state index is 13.8. The summed E-state index contributed by atoms with van der Waals surface area (Å²) < 4.78 is 27.1. The molecule has 2 aromatic rings. The SMILES string of the molecule is CNCC(Cc1cccc(F)c1F)c1ccc(C)cc1. The van der Waals surface area contributed by atoms with Crippen molar-refractivity contribution in [3.63, 3.8) is 0 Å². The van der Waals surface area contributed by atoms with Crippen LogP contribution in [-0.4, -0.2) is 13.6 Å². The topological polar surface area (TPSA) is 12.0 Å². The zero-order chi connectivity index (χ0) is 14.5. The zero-order valence-electron chi connectivity index (χ0n) is 11.8. The quantitative estimate of drug-likeness (QED) is 0.874. The van der Waals surface area contributed by atoms with Gasteiger partial charge in [0, 0.05) is 12.5 Å². The number of aryl methyl sites for hydroxylation is 1. The molecule has 0 spiro atoms. The highest BCUT2D eigenvalue weighted by Crippen LogP contribution is 2.23. The average molecular weight is 275 g/mol. The smallest absolute Gasteiger partial charge is 0.162 e. The summed E-state index contributed by atoms with van der Waals surface area (Å²) in [5, 5.41) is 3.12. The van der Waals surface area contributed by atoms with Gasteiger partial charge in [-0.15, -0.1) is 0 Å². The third kappa shape index (κ3) is 3.42. The Morgan fingerprint density at radius 3 is 2.40 bits per heavy atom. The molecule has 0 aromatic heterocycles. The molecule has 0 bridgehead atoms. The number of rotatable bonds is 5. The predicted octanol–water partition coefficient (Wildman–Crippen LogP) is 3.82. The number of hydrogen-bond donors (Lipinski definition) is 1. The van der Waals surface area contributed by atoms with E-state index in [1.807, 2.05) is 26.1 Å². The largest absolute Gasteiger partial charge is 0.319 e. The van der Waals surface area contributed by atoms with Crippen LogP contribution in [0.25, 0.3) is 0 Å². The lowest BCUT2D eigenvalue weighted by molar-refractivity contribution is 0.491. The first-order valence-corrected chi connectivity index (χ1v) is 6.76. The first-order valence-electron chi connectivity index (χ1n) is 6.76. The molecule has 0 aliphatic heterocycles. The van der Waals surface area contributed by atoms with Gasteiger partial charge in [0.05, 0.1) is 0 Å². The molecular formula is C17H19F2N. The fraction of sp³-hybridized carbons (Fsp3) is 0.294. The Labute approximate surface area is 118 Å². The number of nitrogens with one attached hydrogen (secondary N) is 1. The molecular weight excluding hydrogens is 256 g/mol. The lowest BCUT2D eigenvalue weighted by Crippen LogP contribution is -2.19. The molecule has 1 unspecified atom stereocenters. The monoisotopic (exact) mass is 275 g/mol. The van der Waals surface area contributed by atoms with E-state index in [9.17, 15) is 8.78 Å². The minimum atomic E-state index is -0.783. The van der Waals surface area contributed by atoms with E-state index in [4.69, 9.17) is 0 Å². The van der Waals surface area contributed by atoms with E-state index in [0.29, 0.717) is 12.0 Å². The summed E-state index contributed by atoms with van der Waals surface area (Å²) in [6.07, 6.45) is 0.480. The predicted molar refractivity (Wildman–Crippen MR) is 77.9 cm³/mol. The number of hydrogen-bond acceptors (Lipinski definition) is 1. The molecule has 106 valence electrons. The molecule has 0 aliphatic rings. The van der Waals surface area contributed by atoms with E-state index in [0.717, 1.165) is 18.2 Å². The summed E-state index contributed by atoms with van der Waals surface area (Å²) >= 11 is 0. The highest BCUT2D eigenvalue weighted by Gasteiger charge is 2.15. The van der Waals surface area contributed by atoms with Crippen molar-refractivity contribution in [2.24, 2.45) is 0 Å². The summed E-state index contributed by atoms with van der Waals surface area (Å²) in [7, 11) is 1.86. The third-order valence-corrected chi connectivity index (χ3v) is 3.50. The van der Waals surface area contributed by atoms with Gasteiger partial charge in [0.1, 0.15) is 0 Å². The van der Waals surface area contributed by atoms with Crippen LogP contribution in [0, 0.1) is 18.6 Å². The van der Waals surface area contributed by atoms with Crippen molar-refractivity contribution in [1.29, 1.82) is 0 Å². The van der Waals surface area contributed by atoms with Gasteiger partial charge in [-0.05, 0) is 37.6 Å². The van der Waals surface area contributed by atoms with Gasteiger partial charge < -0.3 is 5.32 Å². The minimum Gasteiger partial charge on any atom is -0.319 e. The maximum Gasteiger partial charge on any atom is 0.162 e. The highest BCUT2D eigenvalue weighted by atomic mass is 19.2. The molecule has 0 aliphatic carbocycles. The van der Waals surface area contributed by atoms with Crippen molar-refractivity contribution in [1.82, 2.24) is 5.32 Å². The summed E-state index contributed by atoms with van der Waals surface area (Å²) in [6, 6.07) is 12.5. The summed E-state index contributed by atoms with van der Waals surface area (Å²) in [6.45, 7) is 2.75. The van der Waals surface area contributed by atoms with Crippen molar-refractivity contribution in [3.05, 3.63) is 70.8 Å². The summed E-state index contributed by atoms with van der Waals surface area (Å²) in [5.41, 5.74) is 2.74.